The Morgan fingerprint density at radius 1 is 1.24 bits per heavy atom. The molecule has 1 heterocycles. The lowest BCUT2D eigenvalue weighted by atomic mass is 9.86. The topological polar surface area (TPSA) is 69.0 Å². The Bertz CT molecular complexity index is 915. The third-order valence-electron chi connectivity index (χ3n) is 3.70. The highest BCUT2D eigenvalue weighted by molar-refractivity contribution is 6.31. The molecular formula is C18H19ClN4O2. The summed E-state index contributed by atoms with van der Waals surface area (Å²) in [5.74, 6) is -0.276. The van der Waals surface area contributed by atoms with Crippen LogP contribution in [-0.2, 0) is 10.2 Å². The molecule has 0 saturated carbocycles. The van der Waals surface area contributed by atoms with Gasteiger partial charge in [-0.25, -0.2) is 0 Å². The van der Waals surface area contributed by atoms with E-state index in [0.717, 1.165) is 11.3 Å². The molecule has 6 nitrogen and oxygen atoms in total. The second-order valence-corrected chi connectivity index (χ2v) is 7.15. The summed E-state index contributed by atoms with van der Waals surface area (Å²) in [5, 5.41) is 11.3. The van der Waals surface area contributed by atoms with Gasteiger partial charge in [-0.15, -0.1) is 5.10 Å². The van der Waals surface area contributed by atoms with Crippen molar-refractivity contribution in [1.29, 1.82) is 0 Å². The number of anilines is 1. The van der Waals surface area contributed by atoms with Crippen LogP contribution in [-0.4, -0.2) is 27.7 Å². The number of hydrogen-bond donors (Lipinski definition) is 1. The van der Waals surface area contributed by atoms with Gasteiger partial charge in [-0.1, -0.05) is 55.4 Å². The van der Waals surface area contributed by atoms with Crippen molar-refractivity contribution < 1.29 is 9.63 Å². The highest BCUT2D eigenvalue weighted by Gasteiger charge is 2.18. The fourth-order valence-corrected chi connectivity index (χ4v) is 2.69. The van der Waals surface area contributed by atoms with E-state index in [1.807, 2.05) is 24.3 Å². The lowest BCUT2D eigenvalue weighted by Crippen LogP contribution is -2.27. The maximum Gasteiger partial charge on any atom is 0.265 e. The molecule has 1 aromatic heterocycles. The zero-order chi connectivity index (χ0) is 18.0. The normalized spacial score (nSPS) is 11.5. The molecule has 0 atom stereocenters. The zero-order valence-corrected chi connectivity index (χ0v) is 15.0. The van der Waals surface area contributed by atoms with Gasteiger partial charge in [0.1, 0.15) is 11.0 Å². The van der Waals surface area contributed by atoms with Crippen LogP contribution in [0.5, 0.6) is 0 Å². The fraction of sp³-hybridized carbons (Fsp3) is 0.278. The Balaban J connectivity index is 1.70. The van der Waals surface area contributed by atoms with Gasteiger partial charge in [0, 0.05) is 10.7 Å². The Morgan fingerprint density at radius 3 is 2.76 bits per heavy atom. The van der Waals surface area contributed by atoms with Crippen LogP contribution >= 0.6 is 11.6 Å². The maximum absolute atomic E-state index is 12.3. The summed E-state index contributed by atoms with van der Waals surface area (Å²) in [4.78, 5) is 18.9. The quantitative estimate of drug-likeness (QED) is 0.775. The van der Waals surface area contributed by atoms with Crippen molar-refractivity contribution in [3.8, 4) is 0 Å². The van der Waals surface area contributed by atoms with Crippen molar-refractivity contribution in [2.24, 2.45) is 0 Å². The molecule has 25 heavy (non-hydrogen) atoms. The summed E-state index contributed by atoms with van der Waals surface area (Å²) >= 11 is 5.97. The summed E-state index contributed by atoms with van der Waals surface area (Å²) < 4.78 is 0. The Labute approximate surface area is 150 Å². The number of hydrogen-bond acceptors (Lipinski definition) is 4. The number of nitrogens with one attached hydrogen (secondary N) is 1. The monoisotopic (exact) mass is 358 g/mol. The summed E-state index contributed by atoms with van der Waals surface area (Å²) in [5.41, 5.74) is 3.00. The lowest BCUT2D eigenvalue weighted by Gasteiger charge is -2.22. The van der Waals surface area contributed by atoms with E-state index in [-0.39, 0.29) is 17.9 Å². The van der Waals surface area contributed by atoms with Crippen LogP contribution in [0.15, 0.2) is 42.5 Å². The standard InChI is InChI=1S/C18H19ClN4O2/c1-18(2,3)13-6-4-5-7-14(13)20-17(24)11-25-23-16-10-12(19)8-9-15(16)21-22-23/h4-10H,11H2,1-3H3,(H,20,24). The average molecular weight is 359 g/mol. The number of fused-ring (bicyclic) bond motifs is 1. The van der Waals surface area contributed by atoms with Crippen LogP contribution in [0.25, 0.3) is 11.0 Å². The molecule has 7 heteroatoms. The smallest absolute Gasteiger partial charge is 0.265 e. The highest BCUT2D eigenvalue weighted by atomic mass is 35.5. The van der Waals surface area contributed by atoms with E-state index in [2.05, 4.69) is 36.4 Å². The molecule has 1 N–H and O–H groups in total. The van der Waals surface area contributed by atoms with Crippen molar-refractivity contribution in [2.75, 3.05) is 11.9 Å². The number of benzene rings is 2. The van der Waals surface area contributed by atoms with E-state index in [4.69, 9.17) is 16.4 Å². The number of para-hydroxylation sites is 1. The molecule has 1 amide bonds. The van der Waals surface area contributed by atoms with Gasteiger partial charge in [0.05, 0.1) is 0 Å². The molecule has 0 saturated heterocycles. The fourth-order valence-electron chi connectivity index (χ4n) is 2.52. The van der Waals surface area contributed by atoms with E-state index in [0.29, 0.717) is 16.1 Å². The van der Waals surface area contributed by atoms with Crippen LogP contribution in [0, 0.1) is 0 Å². The van der Waals surface area contributed by atoms with E-state index < -0.39 is 0 Å². The van der Waals surface area contributed by atoms with Gasteiger partial charge in [0.15, 0.2) is 6.61 Å². The van der Waals surface area contributed by atoms with Gasteiger partial charge >= 0.3 is 0 Å². The number of aromatic nitrogens is 3. The summed E-state index contributed by atoms with van der Waals surface area (Å²) in [7, 11) is 0. The van der Waals surface area contributed by atoms with Crippen molar-refractivity contribution in [2.45, 2.75) is 26.2 Å². The second kappa shape index (κ2) is 6.72. The van der Waals surface area contributed by atoms with Gasteiger partial charge < -0.3 is 10.2 Å². The molecular weight excluding hydrogens is 340 g/mol. The van der Waals surface area contributed by atoms with Crippen molar-refractivity contribution in [3.05, 3.63) is 53.1 Å². The lowest BCUT2D eigenvalue weighted by molar-refractivity contribution is -0.121. The van der Waals surface area contributed by atoms with Crippen molar-refractivity contribution >= 4 is 34.2 Å². The van der Waals surface area contributed by atoms with Crippen molar-refractivity contribution in [3.63, 3.8) is 0 Å². The van der Waals surface area contributed by atoms with E-state index >= 15 is 0 Å². The Morgan fingerprint density at radius 2 is 2.00 bits per heavy atom. The molecule has 2 aromatic carbocycles. The molecule has 0 radical (unpaired) electrons. The van der Waals surface area contributed by atoms with Gasteiger partial charge in [-0.2, -0.15) is 0 Å². The SMILES string of the molecule is CC(C)(C)c1ccccc1NC(=O)COn1nnc2ccc(Cl)cc21. The third kappa shape index (κ3) is 3.91. The predicted molar refractivity (Wildman–Crippen MR) is 97.8 cm³/mol. The first-order chi connectivity index (χ1) is 11.8. The molecule has 130 valence electrons. The molecule has 0 aliphatic rings. The maximum atomic E-state index is 12.3. The first-order valence-electron chi connectivity index (χ1n) is 7.88. The minimum absolute atomic E-state index is 0.0798. The zero-order valence-electron chi connectivity index (χ0n) is 14.3. The van der Waals surface area contributed by atoms with Crippen LogP contribution in [0.3, 0.4) is 0 Å². The van der Waals surface area contributed by atoms with Crippen LogP contribution < -0.4 is 10.2 Å². The number of nitrogens with zero attached hydrogens (tertiary/aromatic N) is 3. The largest absolute Gasteiger partial charge is 0.385 e. The van der Waals surface area contributed by atoms with Gasteiger partial charge in [-0.05, 0) is 40.5 Å². The van der Waals surface area contributed by atoms with Crippen LogP contribution in [0.4, 0.5) is 5.69 Å². The summed E-state index contributed by atoms with van der Waals surface area (Å²) in [6, 6.07) is 12.9. The molecule has 0 unspecified atom stereocenters. The molecule has 0 aliphatic heterocycles. The Hall–Kier alpha value is -2.60. The van der Waals surface area contributed by atoms with Gasteiger partial charge in [0.2, 0.25) is 0 Å². The average Bonchev–Trinajstić information content (AvgIpc) is 2.94. The molecule has 0 aliphatic carbocycles. The third-order valence-corrected chi connectivity index (χ3v) is 3.94. The minimum atomic E-state index is -0.276. The van der Waals surface area contributed by atoms with E-state index in [1.165, 1.54) is 4.85 Å². The first-order valence-corrected chi connectivity index (χ1v) is 8.26. The van der Waals surface area contributed by atoms with Gasteiger partial charge in [0.25, 0.3) is 5.91 Å². The van der Waals surface area contributed by atoms with E-state index in [9.17, 15) is 4.79 Å². The van der Waals surface area contributed by atoms with E-state index in [1.54, 1.807) is 18.2 Å². The number of carbonyl (C=O) groups excluding carboxylic acids is 1. The second-order valence-electron chi connectivity index (χ2n) is 6.71. The number of carbonyl (C=O) groups is 1. The van der Waals surface area contributed by atoms with Crippen LogP contribution in [0.2, 0.25) is 5.02 Å². The number of halogens is 1. The molecule has 3 aromatic rings. The molecule has 3 rings (SSSR count). The van der Waals surface area contributed by atoms with Gasteiger partial charge in [-0.3, -0.25) is 4.79 Å². The Kier molecular flexibility index (Phi) is 4.63. The predicted octanol–water partition coefficient (Wildman–Crippen LogP) is 3.45. The van der Waals surface area contributed by atoms with Crippen LogP contribution in [0.1, 0.15) is 26.3 Å². The minimum Gasteiger partial charge on any atom is -0.385 e. The number of rotatable bonds is 4. The summed E-state index contributed by atoms with van der Waals surface area (Å²) in [6.45, 7) is 6.10. The van der Waals surface area contributed by atoms with Crippen molar-refractivity contribution in [1.82, 2.24) is 15.2 Å². The summed E-state index contributed by atoms with van der Waals surface area (Å²) in [6.07, 6.45) is 0. The molecule has 0 fully saturated rings. The molecule has 0 spiro atoms. The number of amides is 1. The first kappa shape index (κ1) is 17.2. The highest BCUT2D eigenvalue weighted by Crippen LogP contribution is 2.29. The molecule has 0 bridgehead atoms.